The average molecular weight is 402 g/mol. The Morgan fingerprint density at radius 3 is 2.62 bits per heavy atom. The summed E-state index contributed by atoms with van der Waals surface area (Å²) in [5, 5.41) is 4.51. The van der Waals surface area contributed by atoms with Crippen LogP contribution in [0.5, 0.6) is 0 Å². The van der Waals surface area contributed by atoms with Crippen molar-refractivity contribution in [1.29, 1.82) is 0 Å². The fourth-order valence-electron chi connectivity index (χ4n) is 1.70. The van der Waals surface area contributed by atoms with Crippen molar-refractivity contribution in [2.24, 2.45) is 5.73 Å². The van der Waals surface area contributed by atoms with E-state index in [4.69, 9.17) is 5.73 Å². The molecule has 0 unspecified atom stereocenters. The fraction of sp³-hybridized carbons (Fsp3) is 0.286. The number of nitrogens with zero attached hydrogens (tertiary/aromatic N) is 1. The largest absolute Gasteiger partial charge is 0.416 e. The molecule has 10 heteroatoms. The van der Waals surface area contributed by atoms with E-state index in [1.54, 1.807) is 6.92 Å². The van der Waals surface area contributed by atoms with E-state index < -0.39 is 17.6 Å². The molecule has 1 aromatic heterocycles. The number of alkyl halides is 3. The lowest BCUT2D eigenvalue weighted by molar-refractivity contribution is -0.137. The van der Waals surface area contributed by atoms with E-state index in [2.05, 4.69) is 10.3 Å². The Labute approximate surface area is 153 Å². The molecule has 0 spiro atoms. The molecule has 0 fully saturated rings. The van der Waals surface area contributed by atoms with Gasteiger partial charge in [-0.1, -0.05) is 12.1 Å². The van der Waals surface area contributed by atoms with E-state index in [9.17, 15) is 18.0 Å². The number of halogens is 5. The van der Waals surface area contributed by atoms with Gasteiger partial charge >= 0.3 is 6.18 Å². The van der Waals surface area contributed by atoms with Crippen molar-refractivity contribution in [2.75, 3.05) is 6.54 Å². The van der Waals surface area contributed by atoms with Crippen molar-refractivity contribution < 1.29 is 18.0 Å². The molecule has 2 aromatic rings. The van der Waals surface area contributed by atoms with Gasteiger partial charge in [-0.3, -0.25) is 4.79 Å². The summed E-state index contributed by atoms with van der Waals surface area (Å²) in [6.07, 6.45) is -4.41. The normalized spacial score (nSPS) is 11.9. The van der Waals surface area contributed by atoms with E-state index in [0.29, 0.717) is 10.6 Å². The maximum Gasteiger partial charge on any atom is 0.416 e. The van der Waals surface area contributed by atoms with Gasteiger partial charge in [0.1, 0.15) is 10.7 Å². The van der Waals surface area contributed by atoms with Crippen LogP contribution in [0.4, 0.5) is 13.2 Å². The van der Waals surface area contributed by atoms with Gasteiger partial charge in [0.05, 0.1) is 5.56 Å². The first-order valence-electron chi connectivity index (χ1n) is 6.45. The Bertz CT molecular complexity index is 679. The SMILES string of the molecule is C[C@@H](CN)NC(=O)c1csc(-c2cccc(C(F)(F)F)c2)n1.Cl.Cl. The first-order chi connectivity index (χ1) is 10.3. The lowest BCUT2D eigenvalue weighted by Crippen LogP contribution is -2.37. The highest BCUT2D eigenvalue weighted by atomic mass is 35.5. The van der Waals surface area contributed by atoms with Crippen LogP contribution in [0.2, 0.25) is 0 Å². The Balaban J connectivity index is 0.00000264. The van der Waals surface area contributed by atoms with E-state index in [-0.39, 0.29) is 43.1 Å². The number of nitrogens with one attached hydrogen (secondary N) is 1. The number of carbonyl (C=O) groups excluding carboxylic acids is 1. The number of hydrogen-bond donors (Lipinski definition) is 2. The smallest absolute Gasteiger partial charge is 0.347 e. The van der Waals surface area contributed by atoms with Crippen LogP contribution >= 0.6 is 36.2 Å². The van der Waals surface area contributed by atoms with Gasteiger partial charge < -0.3 is 11.1 Å². The van der Waals surface area contributed by atoms with Crippen LogP contribution in [0.25, 0.3) is 10.6 Å². The third-order valence-corrected chi connectivity index (χ3v) is 3.80. The molecule has 0 aliphatic heterocycles. The number of amides is 1. The highest BCUT2D eigenvalue weighted by Gasteiger charge is 2.30. The van der Waals surface area contributed by atoms with Gasteiger partial charge in [-0.05, 0) is 19.1 Å². The summed E-state index contributed by atoms with van der Waals surface area (Å²) in [7, 11) is 0. The van der Waals surface area contributed by atoms with Crippen LogP contribution in [-0.2, 0) is 6.18 Å². The minimum absolute atomic E-state index is 0. The van der Waals surface area contributed by atoms with Crippen molar-refractivity contribution in [3.8, 4) is 10.6 Å². The minimum Gasteiger partial charge on any atom is -0.347 e. The van der Waals surface area contributed by atoms with Crippen molar-refractivity contribution in [3.05, 3.63) is 40.9 Å². The zero-order valence-corrected chi connectivity index (χ0v) is 14.9. The van der Waals surface area contributed by atoms with Crippen molar-refractivity contribution in [3.63, 3.8) is 0 Å². The molecule has 134 valence electrons. The van der Waals surface area contributed by atoms with Gasteiger partial charge in [0, 0.05) is 23.5 Å². The van der Waals surface area contributed by atoms with Gasteiger partial charge in [-0.15, -0.1) is 36.2 Å². The molecular formula is C14H16Cl2F3N3OS. The monoisotopic (exact) mass is 401 g/mol. The van der Waals surface area contributed by atoms with Crippen LogP contribution in [0.3, 0.4) is 0 Å². The van der Waals surface area contributed by atoms with Crippen LogP contribution in [0.15, 0.2) is 29.6 Å². The standard InChI is InChI=1S/C14H14F3N3OS.2ClH/c1-8(6-18)19-12(21)11-7-22-13(20-11)9-3-2-4-10(5-9)14(15,16)17;;/h2-5,7-8H,6,18H2,1H3,(H,19,21);2*1H/t8-;;/m0../s1. The molecule has 0 aliphatic rings. The Morgan fingerprint density at radius 2 is 2.04 bits per heavy atom. The maximum atomic E-state index is 12.7. The summed E-state index contributed by atoms with van der Waals surface area (Å²) in [6, 6.07) is 4.65. The molecule has 0 saturated carbocycles. The second-order valence-corrected chi connectivity index (χ2v) is 5.58. The molecule has 1 aromatic carbocycles. The van der Waals surface area contributed by atoms with Crippen LogP contribution < -0.4 is 11.1 Å². The summed E-state index contributed by atoms with van der Waals surface area (Å²) in [5.74, 6) is -0.396. The van der Waals surface area contributed by atoms with Gasteiger partial charge in [-0.2, -0.15) is 13.2 Å². The Hall–Kier alpha value is -1.35. The number of benzene rings is 1. The van der Waals surface area contributed by atoms with Gasteiger partial charge in [0.25, 0.3) is 5.91 Å². The zero-order valence-electron chi connectivity index (χ0n) is 12.5. The molecule has 0 radical (unpaired) electrons. The molecule has 24 heavy (non-hydrogen) atoms. The van der Waals surface area contributed by atoms with Crippen molar-refractivity contribution >= 4 is 42.1 Å². The summed E-state index contributed by atoms with van der Waals surface area (Å²) in [4.78, 5) is 16.0. The summed E-state index contributed by atoms with van der Waals surface area (Å²) in [5.41, 5.74) is 5.16. The van der Waals surface area contributed by atoms with Crippen molar-refractivity contribution in [2.45, 2.75) is 19.1 Å². The van der Waals surface area contributed by atoms with Crippen LogP contribution in [0.1, 0.15) is 23.0 Å². The predicted molar refractivity (Wildman–Crippen MR) is 93.0 cm³/mol. The Kier molecular flexibility index (Phi) is 8.70. The third-order valence-electron chi connectivity index (χ3n) is 2.90. The molecule has 4 nitrogen and oxygen atoms in total. The molecule has 2 rings (SSSR count). The Morgan fingerprint density at radius 1 is 1.38 bits per heavy atom. The van der Waals surface area contributed by atoms with E-state index in [1.807, 2.05) is 0 Å². The molecule has 1 heterocycles. The van der Waals surface area contributed by atoms with E-state index in [0.717, 1.165) is 23.5 Å². The molecule has 3 N–H and O–H groups in total. The topological polar surface area (TPSA) is 68.0 Å². The number of carbonyl (C=O) groups is 1. The second-order valence-electron chi connectivity index (χ2n) is 4.73. The number of thiazole rings is 1. The predicted octanol–water partition coefficient (Wildman–Crippen LogP) is 3.75. The van der Waals surface area contributed by atoms with Crippen LogP contribution in [-0.4, -0.2) is 23.5 Å². The molecule has 1 amide bonds. The lowest BCUT2D eigenvalue weighted by atomic mass is 10.1. The lowest BCUT2D eigenvalue weighted by Gasteiger charge is -2.09. The zero-order chi connectivity index (χ0) is 16.3. The van der Waals surface area contributed by atoms with Crippen molar-refractivity contribution in [1.82, 2.24) is 10.3 Å². The van der Waals surface area contributed by atoms with Gasteiger partial charge in [0.2, 0.25) is 0 Å². The van der Waals surface area contributed by atoms with Crippen LogP contribution in [0, 0.1) is 0 Å². The fourth-order valence-corrected chi connectivity index (χ4v) is 2.49. The number of hydrogen-bond acceptors (Lipinski definition) is 4. The van der Waals surface area contributed by atoms with Gasteiger partial charge in [-0.25, -0.2) is 4.98 Å². The summed E-state index contributed by atoms with van der Waals surface area (Å²) < 4.78 is 38.1. The molecule has 0 aliphatic carbocycles. The quantitative estimate of drug-likeness (QED) is 0.819. The molecule has 1 atom stereocenters. The average Bonchev–Trinajstić information content (AvgIpc) is 2.96. The highest BCUT2D eigenvalue weighted by molar-refractivity contribution is 7.13. The second kappa shape index (κ2) is 9.22. The third kappa shape index (κ3) is 5.62. The summed E-state index contributed by atoms with van der Waals surface area (Å²) >= 11 is 1.11. The summed E-state index contributed by atoms with van der Waals surface area (Å²) in [6.45, 7) is 2.04. The maximum absolute atomic E-state index is 12.7. The molecule has 0 bridgehead atoms. The van der Waals surface area contributed by atoms with E-state index >= 15 is 0 Å². The number of aromatic nitrogens is 1. The number of rotatable bonds is 4. The molecular weight excluding hydrogens is 386 g/mol. The highest BCUT2D eigenvalue weighted by Crippen LogP contribution is 2.33. The van der Waals surface area contributed by atoms with E-state index in [1.165, 1.54) is 17.5 Å². The molecule has 0 saturated heterocycles. The first-order valence-corrected chi connectivity index (χ1v) is 7.33. The van der Waals surface area contributed by atoms with Gasteiger partial charge in [0.15, 0.2) is 0 Å². The minimum atomic E-state index is -4.41. The number of nitrogens with two attached hydrogens (primary N) is 1. The first kappa shape index (κ1) is 22.6.